The van der Waals surface area contributed by atoms with Crippen molar-refractivity contribution < 1.29 is 9.52 Å². The van der Waals surface area contributed by atoms with E-state index in [0.29, 0.717) is 11.5 Å². The molecule has 0 fully saturated rings. The summed E-state index contributed by atoms with van der Waals surface area (Å²) in [6.45, 7) is 0. The molecule has 0 unspecified atom stereocenters. The zero-order chi connectivity index (χ0) is 7.14. The highest BCUT2D eigenvalue weighted by atomic mass is 16.3. The Labute approximate surface area is 56.3 Å². The summed E-state index contributed by atoms with van der Waals surface area (Å²) >= 11 is 0. The maximum atomic E-state index is 8.88. The van der Waals surface area contributed by atoms with Gasteiger partial charge in [0, 0.05) is 12.1 Å². The highest BCUT2D eigenvalue weighted by Crippen LogP contribution is 2.23. The van der Waals surface area contributed by atoms with E-state index in [1.165, 1.54) is 6.07 Å². The van der Waals surface area contributed by atoms with Gasteiger partial charge in [0.25, 0.3) is 0 Å². The summed E-state index contributed by atoms with van der Waals surface area (Å²) in [5, 5.41) is 8.88. The Kier molecular flexibility index (Phi) is 0.768. The van der Waals surface area contributed by atoms with Crippen molar-refractivity contribution in [2.24, 2.45) is 0 Å². The van der Waals surface area contributed by atoms with Crippen LogP contribution in [0, 0.1) is 0 Å². The molecular weight excluding hydrogens is 132 g/mol. The Balaban J connectivity index is 2.83. The van der Waals surface area contributed by atoms with E-state index in [-0.39, 0.29) is 5.88 Å². The minimum atomic E-state index is 0.0914. The number of aromatic nitrogens is 1. The maximum absolute atomic E-state index is 8.88. The summed E-state index contributed by atoms with van der Waals surface area (Å²) in [5.74, 6) is 0.440. The van der Waals surface area contributed by atoms with E-state index in [0.717, 1.165) is 5.52 Å². The van der Waals surface area contributed by atoms with Crippen LogP contribution in [0.3, 0.4) is 0 Å². The maximum Gasteiger partial charge on any atom is 0.193 e. The molecule has 0 bridgehead atoms. The van der Waals surface area contributed by atoms with Crippen LogP contribution in [0.5, 0.6) is 5.88 Å². The molecule has 10 heavy (non-hydrogen) atoms. The van der Waals surface area contributed by atoms with Crippen molar-refractivity contribution in [1.29, 1.82) is 0 Å². The molecule has 2 aromatic rings. The lowest BCUT2D eigenvalue weighted by Crippen LogP contribution is -1.75. The fourth-order valence-electron chi connectivity index (χ4n) is 0.928. The molecule has 0 aromatic carbocycles. The van der Waals surface area contributed by atoms with Crippen LogP contribution in [0.15, 0.2) is 16.5 Å². The van der Waals surface area contributed by atoms with Gasteiger partial charge in [0.15, 0.2) is 17.3 Å². The van der Waals surface area contributed by atoms with Crippen LogP contribution in [0.4, 0.5) is 5.88 Å². The second kappa shape index (κ2) is 1.47. The number of fused-ring (bicyclic) bond motifs is 1. The van der Waals surface area contributed by atoms with Gasteiger partial charge in [-0.25, -0.2) is 0 Å². The number of aromatic hydroxyl groups is 1. The summed E-state index contributed by atoms with van der Waals surface area (Å²) < 4.78 is 4.98. The van der Waals surface area contributed by atoms with Gasteiger partial charge in [-0.15, -0.1) is 0 Å². The van der Waals surface area contributed by atoms with E-state index in [2.05, 4.69) is 4.98 Å². The van der Waals surface area contributed by atoms with Crippen molar-refractivity contribution >= 4 is 17.0 Å². The standard InChI is InChI=1S/C6H6N2O2/c7-5-1-3-4(10-5)2-6(9)8-3/h1-2,8-9H,7H2. The number of H-pyrrole nitrogens is 1. The molecule has 0 radical (unpaired) electrons. The molecule has 4 heteroatoms. The van der Waals surface area contributed by atoms with Crippen molar-refractivity contribution in [1.82, 2.24) is 4.98 Å². The Bertz CT molecular complexity index is 298. The minimum absolute atomic E-state index is 0.0914. The van der Waals surface area contributed by atoms with Crippen molar-refractivity contribution in [2.45, 2.75) is 0 Å². The predicted octanol–water partition coefficient (Wildman–Crippen LogP) is 1.05. The molecule has 4 N–H and O–H groups in total. The van der Waals surface area contributed by atoms with Gasteiger partial charge < -0.3 is 20.2 Å². The molecule has 0 saturated carbocycles. The Hall–Kier alpha value is -1.58. The number of hydrogen-bond acceptors (Lipinski definition) is 3. The SMILES string of the molecule is Nc1cc2[nH]c(O)cc2o1. The number of nitrogens with one attached hydrogen (secondary N) is 1. The molecule has 2 heterocycles. The monoisotopic (exact) mass is 138 g/mol. The minimum Gasteiger partial charge on any atom is -0.494 e. The molecule has 2 rings (SSSR count). The van der Waals surface area contributed by atoms with Gasteiger partial charge in [-0.3, -0.25) is 0 Å². The highest BCUT2D eigenvalue weighted by molar-refractivity contribution is 5.78. The first-order chi connectivity index (χ1) is 4.75. The third-order valence-corrected chi connectivity index (χ3v) is 1.31. The molecule has 0 spiro atoms. The van der Waals surface area contributed by atoms with E-state index in [1.54, 1.807) is 6.07 Å². The summed E-state index contributed by atoms with van der Waals surface area (Å²) in [5.41, 5.74) is 6.61. The summed E-state index contributed by atoms with van der Waals surface area (Å²) in [4.78, 5) is 2.66. The van der Waals surface area contributed by atoms with Crippen LogP contribution in [0.25, 0.3) is 11.1 Å². The molecule has 0 aliphatic carbocycles. The van der Waals surface area contributed by atoms with Crippen LogP contribution >= 0.6 is 0 Å². The van der Waals surface area contributed by atoms with Gasteiger partial charge >= 0.3 is 0 Å². The number of nitrogens with two attached hydrogens (primary N) is 1. The van der Waals surface area contributed by atoms with Crippen molar-refractivity contribution in [3.8, 4) is 5.88 Å². The molecule has 0 aliphatic rings. The number of aromatic amines is 1. The normalized spacial score (nSPS) is 10.8. The Morgan fingerprint density at radius 3 is 3.00 bits per heavy atom. The van der Waals surface area contributed by atoms with Crippen LogP contribution in [-0.2, 0) is 0 Å². The molecule has 0 amide bonds. The zero-order valence-corrected chi connectivity index (χ0v) is 5.09. The first-order valence-electron chi connectivity index (χ1n) is 2.83. The van der Waals surface area contributed by atoms with E-state index >= 15 is 0 Å². The van der Waals surface area contributed by atoms with E-state index in [4.69, 9.17) is 15.3 Å². The predicted molar refractivity (Wildman–Crippen MR) is 36.6 cm³/mol. The fourth-order valence-corrected chi connectivity index (χ4v) is 0.928. The van der Waals surface area contributed by atoms with E-state index < -0.39 is 0 Å². The van der Waals surface area contributed by atoms with Gasteiger partial charge in [0.1, 0.15) is 0 Å². The highest BCUT2D eigenvalue weighted by Gasteiger charge is 2.03. The van der Waals surface area contributed by atoms with Gasteiger partial charge in [0.2, 0.25) is 0 Å². The van der Waals surface area contributed by atoms with Crippen LogP contribution in [0.1, 0.15) is 0 Å². The lowest BCUT2D eigenvalue weighted by Gasteiger charge is -1.78. The third-order valence-electron chi connectivity index (χ3n) is 1.31. The molecule has 4 nitrogen and oxygen atoms in total. The molecule has 2 aromatic heterocycles. The second-order valence-electron chi connectivity index (χ2n) is 2.08. The number of rotatable bonds is 0. The number of furan rings is 1. The van der Waals surface area contributed by atoms with Gasteiger partial charge in [-0.05, 0) is 0 Å². The smallest absolute Gasteiger partial charge is 0.193 e. The van der Waals surface area contributed by atoms with Crippen molar-refractivity contribution in [3.63, 3.8) is 0 Å². The Morgan fingerprint density at radius 2 is 2.30 bits per heavy atom. The lowest BCUT2D eigenvalue weighted by molar-refractivity contribution is 0.458. The molecule has 0 atom stereocenters. The Morgan fingerprint density at radius 1 is 1.50 bits per heavy atom. The lowest BCUT2D eigenvalue weighted by atomic mass is 10.5. The fraction of sp³-hybridized carbons (Fsp3) is 0. The molecule has 0 aliphatic heterocycles. The first kappa shape index (κ1) is 5.22. The van der Waals surface area contributed by atoms with Gasteiger partial charge in [0.05, 0.1) is 5.52 Å². The largest absolute Gasteiger partial charge is 0.494 e. The average molecular weight is 138 g/mol. The van der Waals surface area contributed by atoms with Crippen LogP contribution < -0.4 is 5.73 Å². The summed E-state index contributed by atoms with van der Waals surface area (Å²) in [6.07, 6.45) is 0. The van der Waals surface area contributed by atoms with Crippen LogP contribution in [0.2, 0.25) is 0 Å². The summed E-state index contributed by atoms with van der Waals surface area (Å²) in [7, 11) is 0. The van der Waals surface area contributed by atoms with E-state index in [1.807, 2.05) is 0 Å². The number of hydrogen-bond donors (Lipinski definition) is 3. The average Bonchev–Trinajstić information content (AvgIpc) is 2.21. The number of nitrogen functional groups attached to an aromatic ring is 1. The van der Waals surface area contributed by atoms with Gasteiger partial charge in [-0.1, -0.05) is 0 Å². The van der Waals surface area contributed by atoms with Gasteiger partial charge in [-0.2, -0.15) is 0 Å². The molecule has 0 saturated heterocycles. The summed E-state index contributed by atoms with van der Waals surface area (Å²) in [6, 6.07) is 3.10. The molecule has 52 valence electrons. The zero-order valence-electron chi connectivity index (χ0n) is 5.09. The quantitative estimate of drug-likeness (QED) is 0.509. The van der Waals surface area contributed by atoms with Crippen LogP contribution in [-0.4, -0.2) is 10.1 Å². The second-order valence-corrected chi connectivity index (χ2v) is 2.08. The van der Waals surface area contributed by atoms with E-state index in [9.17, 15) is 0 Å². The first-order valence-corrected chi connectivity index (χ1v) is 2.83. The van der Waals surface area contributed by atoms with Crippen molar-refractivity contribution in [3.05, 3.63) is 12.1 Å². The third kappa shape index (κ3) is 0.556. The topological polar surface area (TPSA) is 75.2 Å². The number of anilines is 1. The van der Waals surface area contributed by atoms with Crippen molar-refractivity contribution in [2.75, 3.05) is 5.73 Å². The molecular formula is C6H6N2O2.